The number of carbonyl (C=O) groups excluding carboxylic acids is 4. The third-order valence-corrected chi connectivity index (χ3v) is 5.43. The number of hydrogen-bond acceptors (Lipinski definition) is 9. The normalized spacial score (nSPS) is 13.5. The summed E-state index contributed by atoms with van der Waals surface area (Å²) in [7, 11) is 0. The summed E-state index contributed by atoms with van der Waals surface area (Å²) in [6.45, 7) is 24.9. The Kier molecular flexibility index (Phi) is 14.4. The number of ether oxygens (including phenoxy) is 5. The minimum atomic E-state index is -0.970. The third-order valence-electron chi connectivity index (χ3n) is 5.43. The topological polar surface area (TPSA) is 119 Å². The van der Waals surface area contributed by atoms with Gasteiger partial charge in [0.05, 0.1) is 30.6 Å². The molecular formula is C26H35NO9. The van der Waals surface area contributed by atoms with Gasteiger partial charge in [0, 0.05) is 17.7 Å². The van der Waals surface area contributed by atoms with E-state index in [9.17, 15) is 19.2 Å². The Morgan fingerprint density at radius 1 is 0.750 bits per heavy atom. The first-order chi connectivity index (χ1) is 16.9. The van der Waals surface area contributed by atoms with Crippen LogP contribution < -0.4 is 0 Å². The Balaban J connectivity index is 5.69. The minimum absolute atomic E-state index is 0.0166. The van der Waals surface area contributed by atoms with Crippen LogP contribution in [-0.2, 0) is 42.9 Å². The summed E-state index contributed by atoms with van der Waals surface area (Å²) < 4.78 is 26.9. The number of esters is 4. The molecule has 0 aromatic rings. The van der Waals surface area contributed by atoms with Crippen LogP contribution in [0.25, 0.3) is 4.85 Å². The molecule has 0 bridgehead atoms. The molecule has 0 aliphatic rings. The van der Waals surface area contributed by atoms with Crippen molar-refractivity contribution in [2.45, 2.75) is 33.6 Å². The Bertz CT molecular complexity index is 902. The second-order valence-electron chi connectivity index (χ2n) is 8.31. The maximum Gasteiger partial charge on any atom is 0.335 e. The van der Waals surface area contributed by atoms with Crippen molar-refractivity contribution in [3.63, 3.8) is 0 Å². The lowest BCUT2D eigenvalue weighted by atomic mass is 9.86. The molecule has 0 aromatic heterocycles. The van der Waals surface area contributed by atoms with Gasteiger partial charge in [-0.05, 0) is 19.8 Å². The van der Waals surface area contributed by atoms with E-state index < -0.39 is 40.4 Å². The van der Waals surface area contributed by atoms with E-state index in [1.807, 2.05) is 6.92 Å². The first kappa shape index (κ1) is 32.3. The molecule has 0 saturated carbocycles. The summed E-state index contributed by atoms with van der Waals surface area (Å²) in [4.78, 5) is 50.2. The first-order valence-electron chi connectivity index (χ1n) is 11.2. The second kappa shape index (κ2) is 16.1. The van der Waals surface area contributed by atoms with E-state index in [0.717, 1.165) is 12.2 Å². The van der Waals surface area contributed by atoms with E-state index in [1.54, 1.807) is 6.92 Å². The summed E-state index contributed by atoms with van der Waals surface area (Å²) in [5.41, 5.74) is -2.06. The van der Waals surface area contributed by atoms with E-state index in [0.29, 0.717) is 12.8 Å². The number of carbonyl (C=O) groups is 4. The Hall–Kier alpha value is -3.71. The molecule has 0 aliphatic carbocycles. The monoisotopic (exact) mass is 505 g/mol. The molecule has 0 radical (unpaired) electrons. The molecule has 0 amide bonds. The number of hydrogen-bond donors (Lipinski definition) is 0. The zero-order chi connectivity index (χ0) is 27.8. The van der Waals surface area contributed by atoms with Gasteiger partial charge in [-0.15, -0.1) is 0 Å². The van der Waals surface area contributed by atoms with Gasteiger partial charge in [-0.25, -0.2) is 19.2 Å². The first-order valence-corrected chi connectivity index (χ1v) is 11.2. The molecule has 36 heavy (non-hydrogen) atoms. The van der Waals surface area contributed by atoms with Crippen LogP contribution in [0.1, 0.15) is 33.6 Å². The smallest absolute Gasteiger partial charge is 0.335 e. The van der Waals surface area contributed by atoms with Crippen molar-refractivity contribution in [2.75, 3.05) is 39.6 Å². The van der Waals surface area contributed by atoms with Crippen LogP contribution in [0.4, 0.5) is 0 Å². The van der Waals surface area contributed by atoms with Gasteiger partial charge in [0.15, 0.2) is 0 Å². The fraction of sp³-hybridized carbons (Fsp3) is 0.500. The van der Waals surface area contributed by atoms with Gasteiger partial charge < -0.3 is 23.7 Å². The maximum absolute atomic E-state index is 12.0. The highest BCUT2D eigenvalue weighted by Crippen LogP contribution is 2.29. The van der Waals surface area contributed by atoms with Gasteiger partial charge >= 0.3 is 23.9 Å². The molecule has 0 aliphatic heterocycles. The van der Waals surface area contributed by atoms with Crippen molar-refractivity contribution >= 4 is 23.9 Å². The largest absolute Gasteiger partial charge is 0.470 e. The van der Waals surface area contributed by atoms with Crippen molar-refractivity contribution in [2.24, 2.45) is 10.8 Å². The van der Waals surface area contributed by atoms with Crippen LogP contribution >= 0.6 is 0 Å². The lowest BCUT2D eigenvalue weighted by molar-refractivity contribution is -0.158. The SMILES string of the molecule is [C-]#[N+]C(=C)C(=O)OCC(CC)(COCC(CC)(COC(=O)C=C)COC(=O)C(=C)C)COC(=O)C=C. The quantitative estimate of drug-likeness (QED) is 0.120. The highest BCUT2D eigenvalue weighted by Gasteiger charge is 2.37. The van der Waals surface area contributed by atoms with Gasteiger partial charge in [0.25, 0.3) is 5.70 Å². The van der Waals surface area contributed by atoms with Crippen molar-refractivity contribution in [1.29, 1.82) is 0 Å². The summed E-state index contributed by atoms with van der Waals surface area (Å²) >= 11 is 0. The van der Waals surface area contributed by atoms with Gasteiger partial charge in [-0.2, -0.15) is 0 Å². The molecule has 0 fully saturated rings. The van der Waals surface area contributed by atoms with Crippen molar-refractivity contribution < 1.29 is 42.9 Å². The molecule has 0 saturated heterocycles. The zero-order valence-electron chi connectivity index (χ0n) is 21.3. The molecule has 0 aromatic carbocycles. The second-order valence-corrected chi connectivity index (χ2v) is 8.31. The lowest BCUT2D eigenvalue weighted by Crippen LogP contribution is -2.42. The third kappa shape index (κ3) is 11.1. The minimum Gasteiger partial charge on any atom is -0.470 e. The van der Waals surface area contributed by atoms with Crippen LogP contribution in [0.15, 0.2) is 49.7 Å². The molecule has 0 N–H and O–H groups in total. The van der Waals surface area contributed by atoms with E-state index >= 15 is 0 Å². The van der Waals surface area contributed by atoms with Gasteiger partial charge in [0.2, 0.25) is 0 Å². The van der Waals surface area contributed by atoms with Crippen molar-refractivity contribution in [3.05, 3.63) is 61.2 Å². The summed E-state index contributed by atoms with van der Waals surface area (Å²) in [6.07, 6.45) is 2.79. The number of nitrogens with zero attached hydrogens (tertiary/aromatic N) is 1. The van der Waals surface area contributed by atoms with Crippen LogP contribution in [-0.4, -0.2) is 63.5 Å². The molecule has 198 valence electrons. The molecule has 0 heterocycles. The molecule has 2 atom stereocenters. The van der Waals surface area contributed by atoms with Crippen LogP contribution in [0.5, 0.6) is 0 Å². The maximum atomic E-state index is 12.0. The molecular weight excluding hydrogens is 470 g/mol. The lowest BCUT2D eigenvalue weighted by Gasteiger charge is -2.35. The fourth-order valence-corrected chi connectivity index (χ4v) is 2.60. The standard InChI is InChI=1S/C26H35NO9/c1-9-21(28)33-15-25(11-3,17-35-23(30)19(5)6)13-32-14-26(12-4,16-34-22(29)10-2)18-36-24(31)20(7)27-8/h9-10H,1-2,5,7,11-18H2,3-4,6H3. The van der Waals surface area contributed by atoms with E-state index in [-0.39, 0.29) is 45.2 Å². The van der Waals surface area contributed by atoms with E-state index in [1.165, 1.54) is 6.92 Å². The van der Waals surface area contributed by atoms with Gasteiger partial charge in [-0.3, -0.25) is 4.79 Å². The zero-order valence-corrected chi connectivity index (χ0v) is 21.3. The van der Waals surface area contributed by atoms with Crippen LogP contribution in [0.3, 0.4) is 0 Å². The molecule has 2 unspecified atom stereocenters. The Morgan fingerprint density at radius 3 is 1.47 bits per heavy atom. The molecule has 10 heteroatoms. The summed E-state index contributed by atoms with van der Waals surface area (Å²) in [5.74, 6) is -2.82. The average Bonchev–Trinajstić information content (AvgIpc) is 2.89. The highest BCUT2D eigenvalue weighted by molar-refractivity contribution is 5.89. The fourth-order valence-electron chi connectivity index (χ4n) is 2.60. The van der Waals surface area contributed by atoms with Crippen molar-refractivity contribution in [1.82, 2.24) is 0 Å². The number of rotatable bonds is 18. The predicted octanol–water partition coefficient (Wildman–Crippen LogP) is 3.35. The Morgan fingerprint density at radius 2 is 1.14 bits per heavy atom. The van der Waals surface area contributed by atoms with Gasteiger partial charge in [0.1, 0.15) is 26.4 Å². The summed E-state index contributed by atoms with van der Waals surface area (Å²) in [5, 5.41) is 0. The Labute approximate surface area is 212 Å². The van der Waals surface area contributed by atoms with Crippen LogP contribution in [0.2, 0.25) is 0 Å². The predicted molar refractivity (Wildman–Crippen MR) is 131 cm³/mol. The molecule has 0 spiro atoms. The van der Waals surface area contributed by atoms with Crippen LogP contribution in [0, 0.1) is 17.4 Å². The van der Waals surface area contributed by atoms with E-state index in [2.05, 4.69) is 31.2 Å². The molecule has 0 rings (SSSR count). The van der Waals surface area contributed by atoms with E-state index in [4.69, 9.17) is 30.3 Å². The molecule has 10 nitrogen and oxygen atoms in total. The summed E-state index contributed by atoms with van der Waals surface area (Å²) in [6, 6.07) is 0. The average molecular weight is 506 g/mol. The van der Waals surface area contributed by atoms with Crippen molar-refractivity contribution in [3.8, 4) is 0 Å². The van der Waals surface area contributed by atoms with Gasteiger partial charge in [-0.1, -0.05) is 40.2 Å². The highest BCUT2D eigenvalue weighted by atomic mass is 16.6.